The summed E-state index contributed by atoms with van der Waals surface area (Å²) in [4.78, 5) is 16.1. The Bertz CT molecular complexity index is 1060. The van der Waals surface area contributed by atoms with Crippen LogP contribution < -0.4 is 0 Å². The number of aromatic nitrogens is 4. The SMILES string of the molecule is O=C1CC[C@H](C=CC(O)C(F)(F)c2ccccc2)N1CCCc1ccc(-c2nnn[nH]2)s1. The van der Waals surface area contributed by atoms with Crippen molar-refractivity contribution >= 4 is 17.2 Å². The number of amides is 1. The number of carbonyl (C=O) groups is 1. The van der Waals surface area contributed by atoms with Crippen molar-refractivity contribution < 1.29 is 18.7 Å². The second kappa shape index (κ2) is 9.66. The van der Waals surface area contributed by atoms with E-state index in [4.69, 9.17) is 0 Å². The van der Waals surface area contributed by atoms with Crippen molar-refractivity contribution in [3.63, 3.8) is 0 Å². The quantitative estimate of drug-likeness (QED) is 0.477. The first-order valence-electron chi connectivity index (χ1n) is 10.4. The zero-order valence-electron chi connectivity index (χ0n) is 17.2. The van der Waals surface area contributed by atoms with Crippen LogP contribution in [0.4, 0.5) is 8.78 Å². The Kier molecular flexibility index (Phi) is 6.71. The zero-order chi connectivity index (χ0) is 22.6. The smallest absolute Gasteiger partial charge is 0.302 e. The fourth-order valence-electron chi connectivity index (χ4n) is 3.76. The number of thiophene rings is 1. The maximum atomic E-state index is 14.5. The molecular weight excluding hydrogens is 436 g/mol. The molecule has 1 amide bonds. The molecule has 1 aliphatic rings. The first-order chi connectivity index (χ1) is 15.4. The van der Waals surface area contributed by atoms with Gasteiger partial charge in [-0.1, -0.05) is 42.5 Å². The number of nitrogens with zero attached hydrogens (tertiary/aromatic N) is 4. The molecule has 2 aromatic heterocycles. The number of aryl methyl sites for hydroxylation is 1. The molecule has 3 aromatic rings. The molecule has 1 saturated heterocycles. The molecule has 10 heteroatoms. The number of halogens is 2. The van der Waals surface area contributed by atoms with E-state index in [9.17, 15) is 18.7 Å². The van der Waals surface area contributed by atoms with E-state index in [0.29, 0.717) is 25.2 Å². The van der Waals surface area contributed by atoms with Gasteiger partial charge in [0.05, 0.1) is 10.9 Å². The molecular formula is C22H23F2N5O2S. The lowest BCUT2D eigenvalue weighted by atomic mass is 10.0. The number of rotatable bonds is 9. The number of hydrogen-bond acceptors (Lipinski definition) is 6. The summed E-state index contributed by atoms with van der Waals surface area (Å²) >= 11 is 1.58. The molecule has 7 nitrogen and oxygen atoms in total. The molecule has 2 N–H and O–H groups in total. The van der Waals surface area contributed by atoms with Gasteiger partial charge in [-0.25, -0.2) is 5.10 Å². The molecule has 1 aromatic carbocycles. The minimum absolute atomic E-state index is 0.00330. The van der Waals surface area contributed by atoms with Gasteiger partial charge in [-0.15, -0.1) is 16.4 Å². The summed E-state index contributed by atoms with van der Waals surface area (Å²) in [5.74, 6) is -2.78. The van der Waals surface area contributed by atoms with Crippen molar-refractivity contribution in [2.24, 2.45) is 0 Å². The molecule has 0 saturated carbocycles. The van der Waals surface area contributed by atoms with Crippen molar-refractivity contribution in [2.75, 3.05) is 6.54 Å². The number of nitrogens with one attached hydrogen (secondary N) is 1. The van der Waals surface area contributed by atoms with E-state index in [1.165, 1.54) is 30.3 Å². The molecule has 0 aliphatic carbocycles. The van der Waals surface area contributed by atoms with Crippen molar-refractivity contribution in [1.29, 1.82) is 0 Å². The van der Waals surface area contributed by atoms with E-state index < -0.39 is 12.0 Å². The Hall–Kier alpha value is -2.98. The number of alkyl halides is 2. The van der Waals surface area contributed by atoms with Crippen molar-refractivity contribution in [2.45, 2.75) is 43.8 Å². The van der Waals surface area contributed by atoms with Crippen LogP contribution in [0.1, 0.15) is 29.7 Å². The van der Waals surface area contributed by atoms with Crippen LogP contribution in [0.2, 0.25) is 0 Å². The fourth-order valence-corrected chi connectivity index (χ4v) is 4.74. The highest BCUT2D eigenvalue weighted by molar-refractivity contribution is 7.15. The molecule has 0 bridgehead atoms. The van der Waals surface area contributed by atoms with Gasteiger partial charge in [-0.05, 0) is 41.8 Å². The minimum atomic E-state index is -3.40. The predicted octanol–water partition coefficient (Wildman–Crippen LogP) is 3.56. The van der Waals surface area contributed by atoms with E-state index in [1.807, 2.05) is 12.1 Å². The maximum Gasteiger partial charge on any atom is 0.302 e. The Balaban J connectivity index is 1.33. The van der Waals surface area contributed by atoms with Gasteiger partial charge in [-0.3, -0.25) is 4.79 Å². The van der Waals surface area contributed by atoms with E-state index >= 15 is 0 Å². The summed E-state index contributed by atoms with van der Waals surface area (Å²) in [5, 5.41) is 23.9. The van der Waals surface area contributed by atoms with Crippen LogP contribution in [0, 0.1) is 0 Å². The normalized spacial score (nSPS) is 18.0. The molecule has 0 spiro atoms. The number of benzene rings is 1. The van der Waals surface area contributed by atoms with E-state index in [1.54, 1.807) is 22.3 Å². The van der Waals surface area contributed by atoms with Crippen LogP contribution in [-0.2, 0) is 17.1 Å². The summed E-state index contributed by atoms with van der Waals surface area (Å²) in [6.45, 7) is 0.524. The lowest BCUT2D eigenvalue weighted by Crippen LogP contribution is -2.34. The molecule has 168 valence electrons. The third-order valence-electron chi connectivity index (χ3n) is 5.48. The Morgan fingerprint density at radius 2 is 2.09 bits per heavy atom. The molecule has 32 heavy (non-hydrogen) atoms. The average Bonchev–Trinajstić information content (AvgIpc) is 3.55. The van der Waals surface area contributed by atoms with Crippen LogP contribution in [0.3, 0.4) is 0 Å². The Morgan fingerprint density at radius 3 is 2.84 bits per heavy atom. The number of aromatic amines is 1. The van der Waals surface area contributed by atoms with Gasteiger partial charge < -0.3 is 10.0 Å². The Labute approximate surface area is 187 Å². The van der Waals surface area contributed by atoms with E-state index in [-0.39, 0.29) is 17.5 Å². The molecule has 1 fully saturated rings. The molecule has 1 aliphatic heterocycles. The second-order valence-corrected chi connectivity index (χ2v) is 8.80. The third kappa shape index (κ3) is 4.91. The topological polar surface area (TPSA) is 95.0 Å². The number of aliphatic hydroxyl groups is 1. The first kappa shape index (κ1) is 22.2. The van der Waals surface area contributed by atoms with Crippen molar-refractivity contribution in [1.82, 2.24) is 25.5 Å². The van der Waals surface area contributed by atoms with Gasteiger partial charge >= 0.3 is 5.92 Å². The molecule has 4 rings (SSSR count). The van der Waals surface area contributed by atoms with E-state index in [0.717, 1.165) is 28.7 Å². The summed E-state index contributed by atoms with van der Waals surface area (Å²) in [6, 6.07) is 10.9. The van der Waals surface area contributed by atoms with Gasteiger partial charge in [0.1, 0.15) is 6.10 Å². The largest absolute Gasteiger partial charge is 0.382 e. The highest BCUT2D eigenvalue weighted by Gasteiger charge is 2.39. The number of tetrazole rings is 1. The molecule has 2 atom stereocenters. The molecule has 3 heterocycles. The summed E-state index contributed by atoms with van der Waals surface area (Å²) in [6.07, 6.45) is 3.14. The Morgan fingerprint density at radius 1 is 1.28 bits per heavy atom. The summed E-state index contributed by atoms with van der Waals surface area (Å²) in [5.41, 5.74) is -0.243. The van der Waals surface area contributed by atoms with Gasteiger partial charge in [0.15, 0.2) is 5.82 Å². The second-order valence-electron chi connectivity index (χ2n) is 7.63. The zero-order valence-corrected chi connectivity index (χ0v) is 18.0. The minimum Gasteiger partial charge on any atom is -0.382 e. The van der Waals surface area contributed by atoms with Gasteiger partial charge in [-0.2, -0.15) is 8.78 Å². The number of carbonyl (C=O) groups excluding carboxylic acids is 1. The number of likely N-dealkylation sites (tertiary alicyclic amines) is 1. The fraction of sp³-hybridized carbons (Fsp3) is 0.364. The lowest BCUT2D eigenvalue weighted by molar-refractivity contribution is -0.128. The summed E-state index contributed by atoms with van der Waals surface area (Å²) in [7, 11) is 0. The molecule has 0 radical (unpaired) electrons. The highest BCUT2D eigenvalue weighted by Crippen LogP contribution is 2.33. The standard InChI is InChI=1S/C22H23F2N5O2S/c23-22(24,15-5-2-1-3-6-15)19(30)12-8-16-9-13-20(31)29(16)14-4-7-17-10-11-18(32-17)21-25-27-28-26-21/h1-3,5-6,8,10-12,16,19,30H,4,7,9,13-14H2,(H,25,26,27,28)/t16-,19?/m0/s1. The highest BCUT2D eigenvalue weighted by atomic mass is 32.1. The van der Waals surface area contributed by atoms with Gasteiger partial charge in [0.25, 0.3) is 0 Å². The van der Waals surface area contributed by atoms with Gasteiger partial charge in [0, 0.05) is 23.4 Å². The van der Waals surface area contributed by atoms with Crippen LogP contribution in [0.5, 0.6) is 0 Å². The number of H-pyrrole nitrogens is 1. The first-order valence-corrected chi connectivity index (χ1v) is 11.2. The average molecular weight is 460 g/mol. The summed E-state index contributed by atoms with van der Waals surface area (Å²) < 4.78 is 29.0. The van der Waals surface area contributed by atoms with Crippen LogP contribution >= 0.6 is 11.3 Å². The number of aliphatic hydroxyl groups excluding tert-OH is 1. The third-order valence-corrected chi connectivity index (χ3v) is 6.63. The van der Waals surface area contributed by atoms with Crippen LogP contribution in [0.25, 0.3) is 10.7 Å². The lowest BCUT2D eigenvalue weighted by Gasteiger charge is -2.24. The maximum absolute atomic E-state index is 14.5. The van der Waals surface area contributed by atoms with Crippen molar-refractivity contribution in [3.8, 4) is 10.7 Å². The van der Waals surface area contributed by atoms with E-state index in [2.05, 4.69) is 20.6 Å². The molecule has 1 unspecified atom stereocenters. The monoisotopic (exact) mass is 459 g/mol. The van der Waals surface area contributed by atoms with Crippen molar-refractivity contribution in [3.05, 3.63) is 65.1 Å². The van der Waals surface area contributed by atoms with Crippen LogP contribution in [-0.4, -0.2) is 55.2 Å². The number of hydrogen-bond donors (Lipinski definition) is 2. The predicted molar refractivity (Wildman–Crippen MR) is 116 cm³/mol. The van der Waals surface area contributed by atoms with Crippen LogP contribution in [0.15, 0.2) is 54.6 Å². The van der Waals surface area contributed by atoms with Gasteiger partial charge in [0.2, 0.25) is 5.91 Å².